The third-order valence-corrected chi connectivity index (χ3v) is 6.23. The number of rotatable bonds is 6. The van der Waals surface area contributed by atoms with Crippen LogP contribution in [0.4, 0.5) is 0 Å². The quantitative estimate of drug-likeness (QED) is 0.337. The predicted molar refractivity (Wildman–Crippen MR) is 95.3 cm³/mol. The minimum Gasteiger partial charge on any atom is -0.462 e. The highest BCUT2D eigenvalue weighted by Crippen LogP contribution is 2.46. The van der Waals surface area contributed by atoms with Crippen molar-refractivity contribution in [1.82, 2.24) is 0 Å². The van der Waals surface area contributed by atoms with E-state index in [0.717, 1.165) is 22.6 Å². The maximum absolute atomic E-state index is 12.1. The lowest BCUT2D eigenvalue weighted by molar-refractivity contribution is -0.146. The Kier molecular flexibility index (Phi) is 7.05. The number of carbonyl (C=O) groups excluding carboxylic acids is 2. The standard InChI is InChI=1S/C17H20O4S2/c1-3-20-15(18)14(16(19)21-4-2)11-12-7-5-6-8-13(12)17-22-9-10-23-17/h5-8,11,17H,3-4,9-10H2,1-2H3. The Bertz CT molecular complexity index is 572. The van der Waals surface area contributed by atoms with Gasteiger partial charge in [-0.3, -0.25) is 0 Å². The zero-order valence-electron chi connectivity index (χ0n) is 13.2. The molecule has 1 saturated heterocycles. The van der Waals surface area contributed by atoms with E-state index in [1.165, 1.54) is 0 Å². The van der Waals surface area contributed by atoms with E-state index in [2.05, 4.69) is 0 Å². The van der Waals surface area contributed by atoms with E-state index in [0.29, 0.717) is 4.58 Å². The zero-order valence-corrected chi connectivity index (χ0v) is 14.9. The van der Waals surface area contributed by atoms with Crippen LogP contribution in [0.2, 0.25) is 0 Å². The minimum atomic E-state index is -0.646. The van der Waals surface area contributed by atoms with Crippen LogP contribution in [0.25, 0.3) is 6.08 Å². The van der Waals surface area contributed by atoms with Crippen LogP contribution in [0.15, 0.2) is 29.8 Å². The van der Waals surface area contributed by atoms with Gasteiger partial charge in [-0.2, -0.15) is 0 Å². The first kappa shape index (κ1) is 17.9. The number of carbonyl (C=O) groups is 2. The molecule has 0 amide bonds. The smallest absolute Gasteiger partial charge is 0.345 e. The molecule has 23 heavy (non-hydrogen) atoms. The van der Waals surface area contributed by atoms with Gasteiger partial charge in [-0.15, -0.1) is 23.5 Å². The molecule has 1 aromatic rings. The number of thioether (sulfide) groups is 2. The molecule has 0 unspecified atom stereocenters. The average molecular weight is 352 g/mol. The SMILES string of the molecule is CCOC(=O)C(=Cc1ccccc1C1SCCS1)C(=O)OCC. The summed E-state index contributed by atoms with van der Waals surface area (Å²) in [4.78, 5) is 24.2. The van der Waals surface area contributed by atoms with Crippen LogP contribution in [0.3, 0.4) is 0 Å². The fourth-order valence-corrected chi connectivity index (χ4v) is 5.12. The molecular formula is C17H20O4S2. The molecule has 0 aliphatic carbocycles. The molecule has 0 N–H and O–H groups in total. The summed E-state index contributed by atoms with van der Waals surface area (Å²) in [5.74, 6) is 0.923. The van der Waals surface area contributed by atoms with Crippen LogP contribution < -0.4 is 0 Å². The summed E-state index contributed by atoms with van der Waals surface area (Å²) in [6, 6.07) is 7.82. The highest BCUT2D eigenvalue weighted by Gasteiger charge is 2.24. The number of esters is 2. The molecule has 4 nitrogen and oxygen atoms in total. The van der Waals surface area contributed by atoms with Gasteiger partial charge in [0, 0.05) is 11.5 Å². The van der Waals surface area contributed by atoms with E-state index in [4.69, 9.17) is 9.47 Å². The number of hydrogen-bond acceptors (Lipinski definition) is 6. The monoisotopic (exact) mass is 352 g/mol. The van der Waals surface area contributed by atoms with Crippen LogP contribution in [0.1, 0.15) is 29.6 Å². The minimum absolute atomic E-state index is 0.0610. The van der Waals surface area contributed by atoms with Crippen molar-refractivity contribution < 1.29 is 19.1 Å². The summed E-state index contributed by atoms with van der Waals surface area (Å²) in [5.41, 5.74) is 1.91. The first-order valence-electron chi connectivity index (χ1n) is 7.55. The Morgan fingerprint density at radius 1 is 1.09 bits per heavy atom. The van der Waals surface area contributed by atoms with E-state index in [1.807, 2.05) is 47.8 Å². The topological polar surface area (TPSA) is 52.6 Å². The second-order valence-corrected chi connectivity index (χ2v) is 7.43. The van der Waals surface area contributed by atoms with Gasteiger partial charge >= 0.3 is 11.9 Å². The van der Waals surface area contributed by atoms with Crippen molar-refractivity contribution in [2.75, 3.05) is 24.7 Å². The summed E-state index contributed by atoms with van der Waals surface area (Å²) in [6.45, 7) is 3.85. The van der Waals surface area contributed by atoms with Gasteiger partial charge in [-0.05, 0) is 31.1 Å². The molecule has 0 radical (unpaired) electrons. The Morgan fingerprint density at radius 3 is 2.22 bits per heavy atom. The second kappa shape index (κ2) is 9.03. The first-order valence-corrected chi connectivity index (χ1v) is 9.65. The predicted octanol–water partition coefficient (Wildman–Crippen LogP) is 3.67. The van der Waals surface area contributed by atoms with Crippen LogP contribution in [-0.2, 0) is 19.1 Å². The summed E-state index contributed by atoms with van der Waals surface area (Å²) in [7, 11) is 0. The molecule has 0 saturated carbocycles. The van der Waals surface area contributed by atoms with Gasteiger partial charge < -0.3 is 9.47 Å². The van der Waals surface area contributed by atoms with E-state index in [-0.39, 0.29) is 18.8 Å². The first-order chi connectivity index (χ1) is 11.2. The van der Waals surface area contributed by atoms with E-state index < -0.39 is 11.9 Å². The second-order valence-electron chi connectivity index (χ2n) is 4.70. The van der Waals surface area contributed by atoms with Crippen molar-refractivity contribution >= 4 is 41.5 Å². The van der Waals surface area contributed by atoms with E-state index in [9.17, 15) is 9.59 Å². The third-order valence-electron chi connectivity index (χ3n) is 3.16. The lowest BCUT2D eigenvalue weighted by Crippen LogP contribution is -2.18. The molecule has 0 aromatic heterocycles. The molecule has 1 aliphatic rings. The fourth-order valence-electron chi connectivity index (χ4n) is 2.17. The number of benzene rings is 1. The van der Waals surface area contributed by atoms with Crippen molar-refractivity contribution in [3.05, 3.63) is 41.0 Å². The molecule has 0 spiro atoms. The lowest BCUT2D eigenvalue weighted by Gasteiger charge is -2.13. The summed E-state index contributed by atoms with van der Waals surface area (Å²) in [5, 5.41) is 0. The van der Waals surface area contributed by atoms with Crippen molar-refractivity contribution in [2.24, 2.45) is 0 Å². The molecule has 0 atom stereocenters. The van der Waals surface area contributed by atoms with Crippen molar-refractivity contribution in [1.29, 1.82) is 0 Å². The van der Waals surface area contributed by atoms with Gasteiger partial charge in [0.2, 0.25) is 0 Å². The maximum Gasteiger partial charge on any atom is 0.345 e. The van der Waals surface area contributed by atoms with Gasteiger partial charge in [0.25, 0.3) is 0 Å². The van der Waals surface area contributed by atoms with E-state index in [1.54, 1.807) is 19.9 Å². The van der Waals surface area contributed by atoms with Crippen molar-refractivity contribution in [2.45, 2.75) is 18.4 Å². The van der Waals surface area contributed by atoms with Crippen LogP contribution in [0, 0.1) is 0 Å². The summed E-state index contributed by atoms with van der Waals surface area (Å²) < 4.78 is 10.3. The van der Waals surface area contributed by atoms with Gasteiger partial charge in [0.15, 0.2) is 0 Å². The highest BCUT2D eigenvalue weighted by molar-refractivity contribution is 8.19. The Hall–Kier alpha value is -1.40. The molecule has 124 valence electrons. The molecular weight excluding hydrogens is 332 g/mol. The van der Waals surface area contributed by atoms with Gasteiger partial charge in [-0.1, -0.05) is 24.3 Å². The van der Waals surface area contributed by atoms with Crippen molar-refractivity contribution in [3.8, 4) is 0 Å². The van der Waals surface area contributed by atoms with Gasteiger partial charge in [0.05, 0.1) is 17.8 Å². The normalized spacial score (nSPS) is 14.3. The summed E-state index contributed by atoms with van der Waals surface area (Å²) in [6.07, 6.45) is 1.59. The van der Waals surface area contributed by atoms with Crippen LogP contribution in [0.5, 0.6) is 0 Å². The molecule has 1 aromatic carbocycles. The third kappa shape index (κ3) is 4.78. The summed E-state index contributed by atoms with van der Waals surface area (Å²) >= 11 is 3.75. The zero-order chi connectivity index (χ0) is 16.7. The highest BCUT2D eigenvalue weighted by atomic mass is 32.2. The Morgan fingerprint density at radius 2 is 1.65 bits per heavy atom. The van der Waals surface area contributed by atoms with E-state index >= 15 is 0 Å². The molecule has 6 heteroatoms. The molecule has 1 heterocycles. The lowest BCUT2D eigenvalue weighted by atomic mass is 10.1. The Labute approximate surface area is 145 Å². The van der Waals surface area contributed by atoms with Crippen LogP contribution >= 0.6 is 23.5 Å². The molecule has 1 aliphatic heterocycles. The maximum atomic E-state index is 12.1. The molecule has 1 fully saturated rings. The Balaban J connectivity index is 2.37. The fraction of sp³-hybridized carbons (Fsp3) is 0.412. The van der Waals surface area contributed by atoms with Gasteiger partial charge in [0.1, 0.15) is 5.57 Å². The number of hydrogen-bond donors (Lipinski definition) is 0. The molecule has 2 rings (SSSR count). The largest absolute Gasteiger partial charge is 0.462 e. The van der Waals surface area contributed by atoms with Crippen molar-refractivity contribution in [3.63, 3.8) is 0 Å². The van der Waals surface area contributed by atoms with Crippen LogP contribution in [-0.4, -0.2) is 36.7 Å². The number of ether oxygens (including phenoxy) is 2. The van der Waals surface area contributed by atoms with Gasteiger partial charge in [-0.25, -0.2) is 9.59 Å². The average Bonchev–Trinajstić information content (AvgIpc) is 3.07. The molecule has 0 bridgehead atoms.